The molecule has 0 radical (unpaired) electrons. The Morgan fingerprint density at radius 1 is 1.22 bits per heavy atom. The van der Waals surface area contributed by atoms with Crippen LogP contribution in [0.3, 0.4) is 0 Å². The summed E-state index contributed by atoms with van der Waals surface area (Å²) in [6, 6.07) is 9.02. The van der Waals surface area contributed by atoms with E-state index in [9.17, 15) is 9.90 Å². The predicted molar refractivity (Wildman–Crippen MR) is 92.4 cm³/mol. The first-order valence-electron chi connectivity index (χ1n) is 8.96. The molecule has 1 aromatic rings. The van der Waals surface area contributed by atoms with Crippen LogP contribution in [0, 0.1) is 5.92 Å². The molecule has 2 N–H and O–H groups in total. The van der Waals surface area contributed by atoms with E-state index in [1.54, 1.807) is 0 Å². The summed E-state index contributed by atoms with van der Waals surface area (Å²) in [5, 5.41) is 13.2. The summed E-state index contributed by atoms with van der Waals surface area (Å²) in [6.07, 6.45) is 6.38. The molecule has 3 rings (SSSR count). The van der Waals surface area contributed by atoms with Crippen molar-refractivity contribution in [3.05, 3.63) is 29.8 Å². The fourth-order valence-corrected chi connectivity index (χ4v) is 3.93. The maximum absolute atomic E-state index is 11.8. The zero-order chi connectivity index (χ0) is 16.2. The highest BCUT2D eigenvalue weighted by atomic mass is 16.3. The molecule has 1 aromatic carbocycles. The molecule has 2 aliphatic rings. The molecule has 1 heterocycles. The number of carbonyl (C=O) groups excluding carboxylic acids is 1. The van der Waals surface area contributed by atoms with Gasteiger partial charge < -0.3 is 15.3 Å². The van der Waals surface area contributed by atoms with Crippen LogP contribution in [0.2, 0.25) is 0 Å². The molecule has 3 unspecified atom stereocenters. The third-order valence-electron chi connectivity index (χ3n) is 5.39. The van der Waals surface area contributed by atoms with E-state index in [0.29, 0.717) is 18.4 Å². The molecule has 1 amide bonds. The van der Waals surface area contributed by atoms with Crippen molar-refractivity contribution < 1.29 is 9.90 Å². The number of benzene rings is 1. The highest BCUT2D eigenvalue weighted by Crippen LogP contribution is 2.28. The van der Waals surface area contributed by atoms with E-state index in [1.165, 1.54) is 18.4 Å². The molecule has 4 nitrogen and oxygen atoms in total. The molecule has 23 heavy (non-hydrogen) atoms. The first-order chi connectivity index (χ1) is 11.2. The molecule has 0 bridgehead atoms. The van der Waals surface area contributed by atoms with Crippen LogP contribution in [0.15, 0.2) is 24.3 Å². The van der Waals surface area contributed by atoms with Crippen LogP contribution in [0.4, 0.5) is 5.69 Å². The highest BCUT2D eigenvalue weighted by Gasteiger charge is 2.26. The molecular weight excluding hydrogens is 288 g/mol. The molecule has 1 saturated carbocycles. The van der Waals surface area contributed by atoms with E-state index >= 15 is 0 Å². The van der Waals surface area contributed by atoms with Gasteiger partial charge in [-0.2, -0.15) is 0 Å². The Labute approximate surface area is 138 Å². The van der Waals surface area contributed by atoms with Gasteiger partial charge in [-0.05, 0) is 49.8 Å². The van der Waals surface area contributed by atoms with Crippen molar-refractivity contribution in [1.82, 2.24) is 5.32 Å². The average molecular weight is 316 g/mol. The van der Waals surface area contributed by atoms with Crippen molar-refractivity contribution in [1.29, 1.82) is 0 Å². The molecule has 3 atom stereocenters. The SMILES string of the molecule is CC(NC1CCCCC1CO)c1ccc(N2CCCC2=O)cc1. The highest BCUT2D eigenvalue weighted by molar-refractivity contribution is 5.95. The zero-order valence-electron chi connectivity index (χ0n) is 14.0. The van der Waals surface area contributed by atoms with Gasteiger partial charge in [0, 0.05) is 37.3 Å². The van der Waals surface area contributed by atoms with E-state index < -0.39 is 0 Å². The Balaban J connectivity index is 1.63. The topological polar surface area (TPSA) is 52.6 Å². The number of nitrogens with zero attached hydrogens (tertiary/aromatic N) is 1. The Morgan fingerprint density at radius 2 is 1.96 bits per heavy atom. The molecule has 1 aliphatic heterocycles. The van der Waals surface area contributed by atoms with Gasteiger partial charge in [-0.25, -0.2) is 0 Å². The number of aliphatic hydroxyl groups excluding tert-OH is 1. The van der Waals surface area contributed by atoms with E-state index in [-0.39, 0.29) is 18.6 Å². The van der Waals surface area contributed by atoms with Crippen molar-refractivity contribution in [2.75, 3.05) is 18.1 Å². The first-order valence-corrected chi connectivity index (χ1v) is 8.96. The van der Waals surface area contributed by atoms with E-state index in [1.807, 2.05) is 4.90 Å². The lowest BCUT2D eigenvalue weighted by atomic mass is 9.84. The number of carbonyl (C=O) groups is 1. The van der Waals surface area contributed by atoms with Gasteiger partial charge in [0.25, 0.3) is 0 Å². The Kier molecular flexibility index (Phi) is 5.34. The molecule has 0 spiro atoms. The van der Waals surface area contributed by atoms with Crippen molar-refractivity contribution in [3.63, 3.8) is 0 Å². The van der Waals surface area contributed by atoms with Crippen LogP contribution in [0.5, 0.6) is 0 Å². The summed E-state index contributed by atoms with van der Waals surface area (Å²) in [5.74, 6) is 0.615. The number of aliphatic hydroxyl groups is 1. The molecular formula is C19H28N2O2. The van der Waals surface area contributed by atoms with Crippen LogP contribution in [0.25, 0.3) is 0 Å². The maximum Gasteiger partial charge on any atom is 0.227 e. The van der Waals surface area contributed by atoms with Gasteiger partial charge >= 0.3 is 0 Å². The second-order valence-electron chi connectivity index (χ2n) is 6.96. The van der Waals surface area contributed by atoms with Crippen molar-refractivity contribution in [3.8, 4) is 0 Å². The molecule has 1 saturated heterocycles. The summed E-state index contributed by atoms with van der Waals surface area (Å²) >= 11 is 0. The van der Waals surface area contributed by atoms with Gasteiger partial charge in [-0.15, -0.1) is 0 Å². The quantitative estimate of drug-likeness (QED) is 0.878. The summed E-state index contributed by atoms with van der Waals surface area (Å²) in [5.41, 5.74) is 2.25. The predicted octanol–water partition coefficient (Wildman–Crippen LogP) is 3.02. The number of anilines is 1. The second kappa shape index (κ2) is 7.45. The number of rotatable bonds is 5. The van der Waals surface area contributed by atoms with E-state index in [2.05, 4.69) is 36.5 Å². The van der Waals surface area contributed by atoms with Gasteiger partial charge in [0.1, 0.15) is 0 Å². The van der Waals surface area contributed by atoms with Gasteiger partial charge in [0.2, 0.25) is 5.91 Å². The summed E-state index contributed by atoms with van der Waals surface area (Å²) < 4.78 is 0. The third-order valence-corrected chi connectivity index (χ3v) is 5.39. The Morgan fingerprint density at radius 3 is 2.61 bits per heavy atom. The molecule has 2 fully saturated rings. The summed E-state index contributed by atoms with van der Waals surface area (Å²) in [4.78, 5) is 13.7. The van der Waals surface area contributed by atoms with Crippen LogP contribution in [-0.4, -0.2) is 30.2 Å². The third kappa shape index (κ3) is 3.75. The van der Waals surface area contributed by atoms with Gasteiger partial charge in [0.15, 0.2) is 0 Å². The number of hydrogen-bond acceptors (Lipinski definition) is 3. The zero-order valence-corrected chi connectivity index (χ0v) is 14.0. The standard InChI is InChI=1S/C19H28N2O2/c1-14(20-18-6-3-2-5-16(18)13-22)15-8-10-17(11-9-15)21-12-4-7-19(21)23/h8-11,14,16,18,20,22H,2-7,12-13H2,1H3. The smallest absolute Gasteiger partial charge is 0.227 e. The number of hydrogen-bond donors (Lipinski definition) is 2. The minimum atomic E-state index is 0.233. The van der Waals surface area contributed by atoms with Crippen LogP contribution < -0.4 is 10.2 Å². The van der Waals surface area contributed by atoms with Crippen molar-refractivity contribution in [2.24, 2.45) is 5.92 Å². The normalized spacial score (nSPS) is 26.5. The molecule has 1 aliphatic carbocycles. The minimum absolute atomic E-state index is 0.233. The van der Waals surface area contributed by atoms with Crippen LogP contribution in [-0.2, 0) is 4.79 Å². The minimum Gasteiger partial charge on any atom is -0.396 e. The Hall–Kier alpha value is -1.39. The van der Waals surface area contributed by atoms with Gasteiger partial charge in [0.05, 0.1) is 0 Å². The lowest BCUT2D eigenvalue weighted by Gasteiger charge is -2.33. The second-order valence-corrected chi connectivity index (χ2v) is 6.96. The molecule has 4 heteroatoms. The van der Waals surface area contributed by atoms with Crippen LogP contribution >= 0.6 is 0 Å². The number of amides is 1. The Bertz CT molecular complexity index is 529. The van der Waals surface area contributed by atoms with Gasteiger partial charge in [-0.3, -0.25) is 4.79 Å². The van der Waals surface area contributed by atoms with Crippen molar-refractivity contribution >= 4 is 11.6 Å². The van der Waals surface area contributed by atoms with Gasteiger partial charge in [-0.1, -0.05) is 25.0 Å². The first kappa shape index (κ1) is 16.5. The summed E-state index contributed by atoms with van der Waals surface area (Å²) in [7, 11) is 0. The fourth-order valence-electron chi connectivity index (χ4n) is 3.93. The molecule has 126 valence electrons. The summed E-state index contributed by atoms with van der Waals surface area (Å²) in [6.45, 7) is 3.30. The number of nitrogens with one attached hydrogen (secondary N) is 1. The van der Waals surface area contributed by atoms with E-state index in [4.69, 9.17) is 0 Å². The monoisotopic (exact) mass is 316 g/mol. The van der Waals surface area contributed by atoms with E-state index in [0.717, 1.165) is 31.5 Å². The fraction of sp³-hybridized carbons (Fsp3) is 0.632. The van der Waals surface area contributed by atoms with Crippen LogP contribution in [0.1, 0.15) is 57.1 Å². The largest absolute Gasteiger partial charge is 0.396 e. The molecule has 0 aromatic heterocycles. The van der Waals surface area contributed by atoms with Crippen molar-refractivity contribution in [2.45, 2.75) is 57.5 Å². The maximum atomic E-state index is 11.8. The lowest BCUT2D eigenvalue weighted by Crippen LogP contribution is -2.41. The average Bonchev–Trinajstić information content (AvgIpc) is 3.01. The lowest BCUT2D eigenvalue weighted by molar-refractivity contribution is -0.117.